The summed E-state index contributed by atoms with van der Waals surface area (Å²) >= 11 is 0. The molecular formula is C17H15NO5. The third kappa shape index (κ3) is 3.60. The normalized spacial score (nSPS) is 12.7. The summed E-state index contributed by atoms with van der Waals surface area (Å²) in [6.45, 7) is -0.0103. The van der Waals surface area contributed by atoms with Crippen molar-refractivity contribution in [3.63, 3.8) is 0 Å². The molecular weight excluding hydrogens is 298 g/mol. The lowest BCUT2D eigenvalue weighted by Gasteiger charge is -2.18. The van der Waals surface area contributed by atoms with Gasteiger partial charge in [-0.1, -0.05) is 12.1 Å². The average molecular weight is 313 g/mol. The Hall–Kier alpha value is -3.02. The van der Waals surface area contributed by atoms with Crippen LogP contribution in [0.3, 0.4) is 0 Å². The molecule has 2 aromatic rings. The zero-order chi connectivity index (χ0) is 16.2. The topological polar surface area (TPSA) is 73.9 Å². The number of carbonyl (C=O) groups excluding carboxylic acids is 2. The first-order chi connectivity index (χ1) is 11.1. The van der Waals surface area contributed by atoms with Crippen molar-refractivity contribution in [3.8, 4) is 17.2 Å². The van der Waals surface area contributed by atoms with E-state index < -0.39 is 5.97 Å². The van der Waals surface area contributed by atoms with Crippen LogP contribution in [0, 0.1) is 0 Å². The van der Waals surface area contributed by atoms with Gasteiger partial charge in [0.25, 0.3) is 5.91 Å². The van der Waals surface area contributed by atoms with E-state index in [2.05, 4.69) is 5.32 Å². The Morgan fingerprint density at radius 2 is 1.91 bits per heavy atom. The van der Waals surface area contributed by atoms with Crippen molar-refractivity contribution in [3.05, 3.63) is 48.0 Å². The van der Waals surface area contributed by atoms with Gasteiger partial charge in [-0.15, -0.1) is 0 Å². The van der Waals surface area contributed by atoms with Crippen LogP contribution in [0.2, 0.25) is 0 Å². The standard InChI is InChI=1S/C17H15NO5/c1-21-12-4-2-11(3-5-12)8-17(20)23-13-6-7-15-14(9-13)18-16(19)10-22-15/h2-7,9H,8,10H2,1H3,(H,18,19). The van der Waals surface area contributed by atoms with Crippen molar-refractivity contribution in [2.75, 3.05) is 19.0 Å². The lowest BCUT2D eigenvalue weighted by molar-refractivity contribution is -0.133. The van der Waals surface area contributed by atoms with Gasteiger partial charge in [0.15, 0.2) is 6.61 Å². The first kappa shape index (κ1) is 14.9. The predicted molar refractivity (Wildman–Crippen MR) is 82.9 cm³/mol. The smallest absolute Gasteiger partial charge is 0.315 e. The number of hydrogen-bond donors (Lipinski definition) is 1. The number of nitrogens with one attached hydrogen (secondary N) is 1. The van der Waals surface area contributed by atoms with Crippen molar-refractivity contribution in [2.45, 2.75) is 6.42 Å². The van der Waals surface area contributed by atoms with E-state index in [0.717, 1.165) is 11.3 Å². The second kappa shape index (κ2) is 6.39. The Kier molecular flexibility index (Phi) is 4.14. The van der Waals surface area contributed by atoms with Crippen molar-refractivity contribution in [2.24, 2.45) is 0 Å². The summed E-state index contributed by atoms with van der Waals surface area (Å²) in [6.07, 6.45) is 0.143. The molecule has 0 atom stereocenters. The number of esters is 1. The minimum Gasteiger partial charge on any atom is -0.497 e. The van der Waals surface area contributed by atoms with Crippen LogP contribution in [0.4, 0.5) is 5.69 Å². The summed E-state index contributed by atoms with van der Waals surface area (Å²) in [5.41, 5.74) is 1.32. The summed E-state index contributed by atoms with van der Waals surface area (Å²) in [6, 6.07) is 12.0. The van der Waals surface area contributed by atoms with Crippen molar-refractivity contribution in [1.82, 2.24) is 0 Å². The minimum absolute atomic E-state index is 0.0103. The Bertz CT molecular complexity index is 739. The lowest BCUT2D eigenvalue weighted by Crippen LogP contribution is -2.25. The molecule has 6 heteroatoms. The van der Waals surface area contributed by atoms with Crippen LogP contribution >= 0.6 is 0 Å². The number of ether oxygens (including phenoxy) is 3. The van der Waals surface area contributed by atoms with E-state index in [4.69, 9.17) is 14.2 Å². The molecule has 0 saturated heterocycles. The Labute approximate surface area is 133 Å². The number of benzene rings is 2. The van der Waals surface area contributed by atoms with Crippen LogP contribution in [0.1, 0.15) is 5.56 Å². The monoisotopic (exact) mass is 313 g/mol. The Morgan fingerprint density at radius 1 is 1.17 bits per heavy atom. The Morgan fingerprint density at radius 3 is 2.65 bits per heavy atom. The highest BCUT2D eigenvalue weighted by Crippen LogP contribution is 2.31. The fourth-order valence-corrected chi connectivity index (χ4v) is 2.20. The number of amides is 1. The number of methoxy groups -OCH3 is 1. The number of hydrogen-bond acceptors (Lipinski definition) is 5. The number of rotatable bonds is 4. The molecule has 6 nitrogen and oxygen atoms in total. The summed E-state index contributed by atoms with van der Waals surface area (Å²) in [5.74, 6) is 1.01. The highest BCUT2D eigenvalue weighted by atomic mass is 16.5. The van der Waals surface area contributed by atoms with Gasteiger partial charge in [-0.25, -0.2) is 0 Å². The summed E-state index contributed by atoms with van der Waals surface area (Å²) in [5, 5.41) is 2.67. The van der Waals surface area contributed by atoms with Gasteiger partial charge in [-0.3, -0.25) is 9.59 Å². The van der Waals surface area contributed by atoms with Gasteiger partial charge in [0.05, 0.1) is 19.2 Å². The molecule has 1 aliphatic heterocycles. The highest BCUT2D eigenvalue weighted by molar-refractivity contribution is 5.95. The van der Waals surface area contributed by atoms with E-state index in [1.807, 2.05) is 0 Å². The first-order valence-electron chi connectivity index (χ1n) is 7.04. The fourth-order valence-electron chi connectivity index (χ4n) is 2.20. The quantitative estimate of drug-likeness (QED) is 0.692. The fraction of sp³-hybridized carbons (Fsp3) is 0.176. The molecule has 0 bridgehead atoms. The van der Waals surface area contributed by atoms with Gasteiger partial charge in [0.1, 0.15) is 17.2 Å². The molecule has 2 aromatic carbocycles. The average Bonchev–Trinajstić information content (AvgIpc) is 2.55. The zero-order valence-corrected chi connectivity index (χ0v) is 12.5. The van der Waals surface area contributed by atoms with Crippen LogP contribution < -0.4 is 19.5 Å². The molecule has 0 fully saturated rings. The van der Waals surface area contributed by atoms with Crippen LogP contribution in [-0.4, -0.2) is 25.6 Å². The van der Waals surface area contributed by atoms with Gasteiger partial charge in [-0.05, 0) is 29.8 Å². The largest absolute Gasteiger partial charge is 0.497 e. The summed E-state index contributed by atoms with van der Waals surface area (Å²) < 4.78 is 15.6. The molecule has 1 amide bonds. The molecule has 0 aromatic heterocycles. The molecule has 1 N–H and O–H groups in total. The van der Waals surface area contributed by atoms with E-state index in [1.54, 1.807) is 49.6 Å². The second-order valence-electron chi connectivity index (χ2n) is 4.99. The zero-order valence-electron chi connectivity index (χ0n) is 12.5. The van der Waals surface area contributed by atoms with Gasteiger partial charge in [0, 0.05) is 6.07 Å². The maximum absolute atomic E-state index is 12.0. The Balaban J connectivity index is 1.65. The van der Waals surface area contributed by atoms with E-state index >= 15 is 0 Å². The molecule has 1 heterocycles. The number of anilines is 1. The second-order valence-corrected chi connectivity index (χ2v) is 4.99. The number of carbonyl (C=O) groups is 2. The van der Waals surface area contributed by atoms with E-state index in [9.17, 15) is 9.59 Å². The molecule has 3 rings (SSSR count). The van der Waals surface area contributed by atoms with Crippen LogP contribution in [-0.2, 0) is 16.0 Å². The molecule has 0 radical (unpaired) electrons. The molecule has 0 aliphatic carbocycles. The molecule has 0 saturated carbocycles. The summed E-state index contributed by atoms with van der Waals surface area (Å²) in [4.78, 5) is 23.3. The van der Waals surface area contributed by atoms with Crippen molar-refractivity contribution < 1.29 is 23.8 Å². The minimum atomic E-state index is -0.391. The SMILES string of the molecule is COc1ccc(CC(=O)Oc2ccc3c(c2)NC(=O)CO3)cc1. The van der Waals surface area contributed by atoms with Crippen LogP contribution in [0.15, 0.2) is 42.5 Å². The first-order valence-corrected chi connectivity index (χ1v) is 7.04. The van der Waals surface area contributed by atoms with Gasteiger partial charge < -0.3 is 19.5 Å². The van der Waals surface area contributed by atoms with Crippen molar-refractivity contribution >= 4 is 17.6 Å². The van der Waals surface area contributed by atoms with E-state index in [1.165, 1.54) is 0 Å². The van der Waals surface area contributed by atoms with Crippen LogP contribution in [0.25, 0.3) is 0 Å². The van der Waals surface area contributed by atoms with E-state index in [-0.39, 0.29) is 18.9 Å². The third-order valence-corrected chi connectivity index (χ3v) is 3.32. The predicted octanol–water partition coefficient (Wildman–Crippen LogP) is 2.17. The summed E-state index contributed by atoms with van der Waals surface area (Å²) in [7, 11) is 1.59. The molecule has 118 valence electrons. The molecule has 1 aliphatic rings. The number of fused-ring (bicyclic) bond motifs is 1. The highest BCUT2D eigenvalue weighted by Gasteiger charge is 2.17. The van der Waals surface area contributed by atoms with Crippen LogP contribution in [0.5, 0.6) is 17.2 Å². The van der Waals surface area contributed by atoms with Gasteiger partial charge in [0.2, 0.25) is 0 Å². The molecule has 0 spiro atoms. The molecule has 23 heavy (non-hydrogen) atoms. The van der Waals surface area contributed by atoms with Gasteiger partial charge in [-0.2, -0.15) is 0 Å². The molecule has 0 unspecified atom stereocenters. The van der Waals surface area contributed by atoms with Gasteiger partial charge >= 0.3 is 5.97 Å². The van der Waals surface area contributed by atoms with E-state index in [0.29, 0.717) is 17.2 Å². The van der Waals surface area contributed by atoms with Crippen molar-refractivity contribution in [1.29, 1.82) is 0 Å². The lowest BCUT2D eigenvalue weighted by atomic mass is 10.1. The maximum atomic E-state index is 12.0. The maximum Gasteiger partial charge on any atom is 0.315 e. The third-order valence-electron chi connectivity index (χ3n) is 3.32.